The predicted molar refractivity (Wildman–Crippen MR) is 80.0 cm³/mol. The Morgan fingerprint density at radius 1 is 1.29 bits per heavy atom. The molecule has 0 saturated heterocycles. The van der Waals surface area contributed by atoms with E-state index in [1.165, 1.54) is 6.92 Å². The SMILES string of the molecule is Cc1cc([N+](=O)[O-])ccc1S(=O)(=O)NC1CCCC(C(F)(F)F)C1. The lowest BCUT2D eigenvalue weighted by Gasteiger charge is -2.30. The van der Waals surface area contributed by atoms with E-state index in [0.717, 1.165) is 18.2 Å². The molecule has 0 radical (unpaired) electrons. The summed E-state index contributed by atoms with van der Waals surface area (Å²) >= 11 is 0. The Balaban J connectivity index is 2.18. The maximum atomic E-state index is 12.8. The van der Waals surface area contributed by atoms with Crippen LogP contribution in [0.5, 0.6) is 0 Å². The summed E-state index contributed by atoms with van der Waals surface area (Å²) in [6.07, 6.45) is -4.02. The van der Waals surface area contributed by atoms with Crippen molar-refractivity contribution in [2.75, 3.05) is 0 Å². The van der Waals surface area contributed by atoms with Crippen molar-refractivity contribution >= 4 is 15.7 Å². The summed E-state index contributed by atoms with van der Waals surface area (Å²) in [6, 6.07) is 2.47. The standard InChI is InChI=1S/C14H17F3N2O4S/c1-9-7-12(19(20)21)5-6-13(9)24(22,23)18-11-4-2-3-10(8-11)14(15,16)17/h5-7,10-11,18H,2-4,8H2,1H3. The molecule has 2 unspecified atom stereocenters. The number of sulfonamides is 1. The number of rotatable bonds is 4. The second-order valence-electron chi connectivity index (χ2n) is 5.93. The maximum Gasteiger partial charge on any atom is 0.391 e. The highest BCUT2D eigenvalue weighted by molar-refractivity contribution is 7.89. The molecule has 1 aromatic rings. The van der Waals surface area contributed by atoms with Crippen LogP contribution < -0.4 is 4.72 Å². The van der Waals surface area contributed by atoms with Crippen LogP contribution >= 0.6 is 0 Å². The van der Waals surface area contributed by atoms with Gasteiger partial charge in [0, 0.05) is 18.2 Å². The van der Waals surface area contributed by atoms with Crippen molar-refractivity contribution in [1.82, 2.24) is 4.72 Å². The highest BCUT2D eigenvalue weighted by Gasteiger charge is 2.42. The molecular weight excluding hydrogens is 349 g/mol. The highest BCUT2D eigenvalue weighted by Crippen LogP contribution is 2.38. The summed E-state index contributed by atoms with van der Waals surface area (Å²) in [5.74, 6) is -1.52. The number of hydrogen-bond donors (Lipinski definition) is 1. The van der Waals surface area contributed by atoms with Gasteiger partial charge in [-0.2, -0.15) is 13.2 Å². The third-order valence-electron chi connectivity index (χ3n) is 4.12. The molecule has 1 saturated carbocycles. The van der Waals surface area contributed by atoms with E-state index in [1.807, 2.05) is 0 Å². The first kappa shape index (κ1) is 18.7. The lowest BCUT2D eigenvalue weighted by Crippen LogP contribution is -2.41. The third-order valence-corrected chi connectivity index (χ3v) is 5.80. The first-order chi connectivity index (χ1) is 11.0. The molecule has 1 N–H and O–H groups in total. The van der Waals surface area contributed by atoms with Crippen molar-refractivity contribution in [3.05, 3.63) is 33.9 Å². The van der Waals surface area contributed by atoms with Gasteiger partial charge < -0.3 is 0 Å². The fourth-order valence-electron chi connectivity index (χ4n) is 2.93. The molecular formula is C14H17F3N2O4S. The molecule has 2 rings (SSSR count). The number of nitrogens with one attached hydrogen (secondary N) is 1. The molecule has 0 amide bonds. The molecule has 6 nitrogen and oxygen atoms in total. The zero-order chi connectivity index (χ0) is 18.1. The number of hydrogen-bond acceptors (Lipinski definition) is 4. The fraction of sp³-hybridized carbons (Fsp3) is 0.571. The van der Waals surface area contributed by atoms with Gasteiger partial charge in [0.25, 0.3) is 5.69 Å². The Labute approximate surface area is 137 Å². The van der Waals surface area contributed by atoms with E-state index in [1.54, 1.807) is 0 Å². The number of benzene rings is 1. The van der Waals surface area contributed by atoms with Gasteiger partial charge in [0.05, 0.1) is 15.7 Å². The van der Waals surface area contributed by atoms with Crippen LogP contribution in [0.15, 0.2) is 23.1 Å². The fourth-order valence-corrected chi connectivity index (χ4v) is 4.44. The van der Waals surface area contributed by atoms with Crippen LogP contribution in [0.2, 0.25) is 0 Å². The molecule has 0 bridgehead atoms. The minimum Gasteiger partial charge on any atom is -0.258 e. The van der Waals surface area contributed by atoms with Crippen molar-refractivity contribution in [2.24, 2.45) is 5.92 Å². The third kappa shape index (κ3) is 4.23. The number of non-ortho nitro benzene ring substituents is 1. The van der Waals surface area contributed by atoms with E-state index < -0.39 is 33.1 Å². The molecule has 0 heterocycles. The van der Waals surface area contributed by atoms with Gasteiger partial charge in [-0.1, -0.05) is 6.42 Å². The Morgan fingerprint density at radius 3 is 2.50 bits per heavy atom. The number of nitrogens with zero attached hydrogens (tertiary/aromatic N) is 1. The Bertz CT molecular complexity index is 734. The number of nitro groups is 1. The highest BCUT2D eigenvalue weighted by atomic mass is 32.2. The number of halogens is 3. The second-order valence-corrected chi connectivity index (χ2v) is 7.61. The molecule has 2 atom stereocenters. The second kappa shape index (κ2) is 6.67. The number of aryl methyl sites for hydroxylation is 1. The molecule has 1 aromatic carbocycles. The van der Waals surface area contributed by atoms with Crippen LogP contribution in [-0.4, -0.2) is 25.6 Å². The van der Waals surface area contributed by atoms with E-state index in [-0.39, 0.29) is 35.4 Å². The lowest BCUT2D eigenvalue weighted by molar-refractivity contribution is -0.385. The average molecular weight is 366 g/mol. The van der Waals surface area contributed by atoms with Gasteiger partial charge in [-0.3, -0.25) is 10.1 Å². The van der Waals surface area contributed by atoms with E-state index >= 15 is 0 Å². The molecule has 134 valence electrons. The van der Waals surface area contributed by atoms with Gasteiger partial charge in [0.1, 0.15) is 0 Å². The van der Waals surface area contributed by atoms with Gasteiger partial charge in [0.2, 0.25) is 10.0 Å². The van der Waals surface area contributed by atoms with Crippen molar-refractivity contribution in [1.29, 1.82) is 0 Å². The summed E-state index contributed by atoms with van der Waals surface area (Å²) in [5.41, 5.74) is -0.0823. The van der Waals surface area contributed by atoms with Crippen molar-refractivity contribution in [3.63, 3.8) is 0 Å². The van der Waals surface area contributed by atoms with Crippen LogP contribution in [0.1, 0.15) is 31.2 Å². The van der Waals surface area contributed by atoms with Gasteiger partial charge in [0.15, 0.2) is 0 Å². The minimum atomic E-state index is -4.34. The quantitative estimate of drug-likeness (QED) is 0.654. The van der Waals surface area contributed by atoms with Gasteiger partial charge >= 0.3 is 6.18 Å². The van der Waals surface area contributed by atoms with E-state index in [2.05, 4.69) is 4.72 Å². The summed E-state index contributed by atoms with van der Waals surface area (Å²) in [6.45, 7) is 1.40. The van der Waals surface area contributed by atoms with Crippen molar-refractivity contribution in [3.8, 4) is 0 Å². The smallest absolute Gasteiger partial charge is 0.258 e. The lowest BCUT2D eigenvalue weighted by atomic mass is 9.86. The van der Waals surface area contributed by atoms with E-state index in [4.69, 9.17) is 0 Å². The Morgan fingerprint density at radius 2 is 1.96 bits per heavy atom. The summed E-state index contributed by atoms with van der Waals surface area (Å²) < 4.78 is 65.5. The average Bonchev–Trinajstić information content (AvgIpc) is 2.45. The molecule has 0 aromatic heterocycles. The van der Waals surface area contributed by atoms with E-state index in [0.29, 0.717) is 6.42 Å². The molecule has 1 aliphatic carbocycles. The molecule has 0 spiro atoms. The zero-order valence-corrected chi connectivity index (χ0v) is 13.7. The maximum absolute atomic E-state index is 12.8. The normalized spacial score (nSPS) is 22.3. The molecule has 0 aliphatic heterocycles. The molecule has 1 fully saturated rings. The van der Waals surface area contributed by atoms with Gasteiger partial charge in [-0.25, -0.2) is 13.1 Å². The van der Waals surface area contributed by atoms with Crippen LogP contribution in [0.4, 0.5) is 18.9 Å². The summed E-state index contributed by atoms with van der Waals surface area (Å²) in [7, 11) is -4.04. The molecule has 1 aliphatic rings. The van der Waals surface area contributed by atoms with Crippen LogP contribution in [-0.2, 0) is 10.0 Å². The number of alkyl halides is 3. The zero-order valence-electron chi connectivity index (χ0n) is 12.8. The predicted octanol–water partition coefficient (Wildman–Crippen LogP) is 3.30. The van der Waals surface area contributed by atoms with Crippen molar-refractivity contribution in [2.45, 2.75) is 49.7 Å². The largest absolute Gasteiger partial charge is 0.391 e. The first-order valence-corrected chi connectivity index (χ1v) is 8.83. The molecule has 10 heteroatoms. The van der Waals surface area contributed by atoms with Crippen LogP contribution in [0, 0.1) is 23.0 Å². The Kier molecular flexibility index (Phi) is 5.19. The summed E-state index contributed by atoms with van der Waals surface area (Å²) in [4.78, 5) is 9.88. The first-order valence-electron chi connectivity index (χ1n) is 7.35. The minimum absolute atomic E-state index is 0.00170. The monoisotopic (exact) mass is 366 g/mol. The number of nitro benzene ring substituents is 1. The molecule has 24 heavy (non-hydrogen) atoms. The Hall–Kier alpha value is -1.68. The van der Waals surface area contributed by atoms with Crippen LogP contribution in [0.25, 0.3) is 0 Å². The van der Waals surface area contributed by atoms with Gasteiger partial charge in [-0.05, 0) is 37.8 Å². The van der Waals surface area contributed by atoms with Crippen molar-refractivity contribution < 1.29 is 26.5 Å². The van der Waals surface area contributed by atoms with E-state index in [9.17, 15) is 31.7 Å². The summed E-state index contributed by atoms with van der Waals surface area (Å²) in [5, 5.41) is 10.7. The topological polar surface area (TPSA) is 89.3 Å². The van der Waals surface area contributed by atoms with Gasteiger partial charge in [-0.15, -0.1) is 0 Å². The van der Waals surface area contributed by atoms with Crippen LogP contribution in [0.3, 0.4) is 0 Å².